The number of nitrogens with zero attached hydrogens (tertiary/aromatic N) is 1. The van der Waals surface area contributed by atoms with Crippen LogP contribution in [0.4, 0.5) is 0 Å². The van der Waals surface area contributed by atoms with Crippen molar-refractivity contribution in [3.63, 3.8) is 0 Å². The minimum atomic E-state index is 0.394. The zero-order chi connectivity index (χ0) is 10.8. The molecule has 0 saturated heterocycles. The van der Waals surface area contributed by atoms with Gasteiger partial charge in [0.1, 0.15) is 6.26 Å². The van der Waals surface area contributed by atoms with Crippen LogP contribution < -0.4 is 0 Å². The van der Waals surface area contributed by atoms with Crippen molar-refractivity contribution < 1.29 is 4.42 Å². The number of hydrogen-bond acceptors (Lipinski definition) is 2. The summed E-state index contributed by atoms with van der Waals surface area (Å²) in [6.07, 6.45) is 1.72. The normalized spacial score (nSPS) is 10.9. The molecule has 15 heavy (non-hydrogen) atoms. The molecule has 0 saturated carbocycles. The van der Waals surface area contributed by atoms with E-state index in [0.29, 0.717) is 11.8 Å². The van der Waals surface area contributed by atoms with E-state index < -0.39 is 0 Å². The topological polar surface area (TPSA) is 26.0 Å². The summed E-state index contributed by atoms with van der Waals surface area (Å²) in [7, 11) is 0. The number of halogens is 1. The molecule has 78 valence electrons. The highest BCUT2D eigenvalue weighted by Crippen LogP contribution is 2.28. The lowest BCUT2D eigenvalue weighted by Crippen LogP contribution is -1.87. The molecule has 0 spiro atoms. The maximum atomic E-state index is 5.45. The van der Waals surface area contributed by atoms with Crippen LogP contribution in [-0.4, -0.2) is 4.98 Å². The average Bonchev–Trinajstić information content (AvgIpc) is 2.67. The monoisotopic (exact) mass is 265 g/mol. The molecule has 1 aromatic carbocycles. The van der Waals surface area contributed by atoms with E-state index in [-0.39, 0.29) is 0 Å². The summed E-state index contributed by atoms with van der Waals surface area (Å²) in [5.41, 5.74) is 1.98. The molecule has 0 aliphatic heterocycles. The van der Waals surface area contributed by atoms with Gasteiger partial charge in [-0.2, -0.15) is 0 Å². The Morgan fingerprint density at radius 2 is 2.00 bits per heavy atom. The number of rotatable bonds is 2. The minimum Gasteiger partial charge on any atom is -0.444 e. The van der Waals surface area contributed by atoms with Gasteiger partial charge in [0, 0.05) is 4.47 Å². The van der Waals surface area contributed by atoms with Crippen molar-refractivity contribution in [1.82, 2.24) is 4.98 Å². The Balaban J connectivity index is 2.42. The van der Waals surface area contributed by atoms with Crippen LogP contribution >= 0.6 is 15.9 Å². The quantitative estimate of drug-likeness (QED) is 0.813. The molecule has 2 aromatic rings. The average molecular weight is 266 g/mol. The number of oxazole rings is 1. The van der Waals surface area contributed by atoms with E-state index >= 15 is 0 Å². The Kier molecular flexibility index (Phi) is 2.91. The molecular formula is C12H12BrNO. The summed E-state index contributed by atoms with van der Waals surface area (Å²) in [5, 5.41) is 0. The third-order valence-corrected chi connectivity index (χ3v) is 2.91. The van der Waals surface area contributed by atoms with Gasteiger partial charge < -0.3 is 4.42 Å². The van der Waals surface area contributed by atoms with Gasteiger partial charge in [0.15, 0.2) is 0 Å². The summed E-state index contributed by atoms with van der Waals surface area (Å²) in [5.74, 6) is 1.07. The molecule has 0 fully saturated rings. The maximum Gasteiger partial charge on any atom is 0.227 e. The van der Waals surface area contributed by atoms with Crippen LogP contribution in [0.3, 0.4) is 0 Å². The van der Waals surface area contributed by atoms with Crippen LogP contribution in [0, 0.1) is 0 Å². The number of benzene rings is 1. The van der Waals surface area contributed by atoms with Crippen molar-refractivity contribution in [1.29, 1.82) is 0 Å². The summed E-state index contributed by atoms with van der Waals surface area (Å²) in [4.78, 5) is 4.44. The second-order valence-corrected chi connectivity index (χ2v) is 4.57. The fraction of sp³-hybridized carbons (Fsp3) is 0.250. The first-order valence-electron chi connectivity index (χ1n) is 4.89. The zero-order valence-electron chi connectivity index (χ0n) is 8.70. The van der Waals surface area contributed by atoms with Crippen LogP contribution in [0.25, 0.3) is 11.5 Å². The molecule has 0 bridgehead atoms. The standard InChI is InChI=1S/C12H12BrNO/c1-8(2)11-7-15-12(14-11)9-5-3-4-6-10(9)13/h3-8H,1-2H3. The number of aromatic nitrogens is 1. The Bertz CT molecular complexity index is 462. The highest BCUT2D eigenvalue weighted by atomic mass is 79.9. The van der Waals surface area contributed by atoms with Crippen LogP contribution in [-0.2, 0) is 0 Å². The molecule has 2 rings (SSSR count). The van der Waals surface area contributed by atoms with E-state index in [1.807, 2.05) is 24.3 Å². The van der Waals surface area contributed by atoms with Crippen molar-refractivity contribution in [2.75, 3.05) is 0 Å². The summed E-state index contributed by atoms with van der Waals surface area (Å²) in [6.45, 7) is 4.20. The molecular weight excluding hydrogens is 254 g/mol. The summed E-state index contributed by atoms with van der Waals surface area (Å²) in [6, 6.07) is 7.91. The lowest BCUT2D eigenvalue weighted by molar-refractivity contribution is 0.571. The Morgan fingerprint density at radius 3 is 2.60 bits per heavy atom. The van der Waals surface area contributed by atoms with Gasteiger partial charge in [0.2, 0.25) is 5.89 Å². The lowest BCUT2D eigenvalue weighted by atomic mass is 10.1. The van der Waals surface area contributed by atoms with Gasteiger partial charge in [0.05, 0.1) is 11.3 Å². The Morgan fingerprint density at radius 1 is 1.27 bits per heavy atom. The van der Waals surface area contributed by atoms with E-state index in [9.17, 15) is 0 Å². The SMILES string of the molecule is CC(C)c1coc(-c2ccccc2Br)n1. The Labute approximate surface area is 97.5 Å². The van der Waals surface area contributed by atoms with Crippen LogP contribution in [0.1, 0.15) is 25.5 Å². The summed E-state index contributed by atoms with van der Waals surface area (Å²) < 4.78 is 6.45. The van der Waals surface area contributed by atoms with Gasteiger partial charge in [-0.25, -0.2) is 4.98 Å². The zero-order valence-corrected chi connectivity index (χ0v) is 10.3. The molecule has 1 aromatic heterocycles. The van der Waals surface area contributed by atoms with E-state index in [0.717, 1.165) is 15.7 Å². The fourth-order valence-electron chi connectivity index (χ4n) is 1.31. The fourth-order valence-corrected chi connectivity index (χ4v) is 1.76. The third kappa shape index (κ3) is 2.12. The smallest absolute Gasteiger partial charge is 0.227 e. The van der Waals surface area contributed by atoms with E-state index in [2.05, 4.69) is 34.8 Å². The molecule has 0 aliphatic rings. The van der Waals surface area contributed by atoms with Crippen LogP contribution in [0.5, 0.6) is 0 Å². The van der Waals surface area contributed by atoms with Gasteiger partial charge in [-0.1, -0.05) is 26.0 Å². The predicted octanol–water partition coefficient (Wildman–Crippen LogP) is 4.23. The third-order valence-electron chi connectivity index (χ3n) is 2.22. The van der Waals surface area contributed by atoms with Crippen molar-refractivity contribution in [3.05, 3.63) is 40.7 Å². The van der Waals surface area contributed by atoms with Crippen molar-refractivity contribution in [3.8, 4) is 11.5 Å². The highest BCUT2D eigenvalue weighted by molar-refractivity contribution is 9.10. The Hall–Kier alpha value is -1.09. The van der Waals surface area contributed by atoms with Crippen molar-refractivity contribution in [2.24, 2.45) is 0 Å². The lowest BCUT2D eigenvalue weighted by Gasteiger charge is -1.98. The molecule has 1 heterocycles. The first-order chi connectivity index (χ1) is 7.18. The predicted molar refractivity (Wildman–Crippen MR) is 63.7 cm³/mol. The van der Waals surface area contributed by atoms with E-state index in [1.54, 1.807) is 6.26 Å². The number of hydrogen-bond donors (Lipinski definition) is 0. The summed E-state index contributed by atoms with van der Waals surface area (Å²) >= 11 is 3.48. The molecule has 0 radical (unpaired) electrons. The van der Waals surface area contributed by atoms with Gasteiger partial charge in [-0.3, -0.25) is 0 Å². The van der Waals surface area contributed by atoms with Gasteiger partial charge in [0.25, 0.3) is 0 Å². The van der Waals surface area contributed by atoms with Crippen molar-refractivity contribution >= 4 is 15.9 Å². The molecule has 3 heteroatoms. The second-order valence-electron chi connectivity index (χ2n) is 3.71. The molecule has 0 amide bonds. The first-order valence-corrected chi connectivity index (χ1v) is 5.68. The van der Waals surface area contributed by atoms with Crippen LogP contribution in [0.15, 0.2) is 39.4 Å². The molecule has 0 atom stereocenters. The van der Waals surface area contributed by atoms with E-state index in [4.69, 9.17) is 4.42 Å². The largest absolute Gasteiger partial charge is 0.444 e. The van der Waals surface area contributed by atoms with Gasteiger partial charge in [-0.15, -0.1) is 0 Å². The highest BCUT2D eigenvalue weighted by Gasteiger charge is 2.10. The maximum absolute atomic E-state index is 5.45. The van der Waals surface area contributed by atoms with Gasteiger partial charge in [-0.05, 0) is 34.0 Å². The molecule has 0 N–H and O–H groups in total. The molecule has 2 nitrogen and oxygen atoms in total. The van der Waals surface area contributed by atoms with Gasteiger partial charge >= 0.3 is 0 Å². The van der Waals surface area contributed by atoms with Crippen molar-refractivity contribution in [2.45, 2.75) is 19.8 Å². The molecule has 0 unspecified atom stereocenters. The van der Waals surface area contributed by atoms with Crippen LogP contribution in [0.2, 0.25) is 0 Å². The first kappa shape index (κ1) is 10.4. The minimum absolute atomic E-state index is 0.394. The molecule has 0 aliphatic carbocycles. The van der Waals surface area contributed by atoms with E-state index in [1.165, 1.54) is 0 Å². The second kappa shape index (κ2) is 4.19.